The maximum absolute atomic E-state index is 3.66. The molecular weight excluding hydrogens is 1240 g/mol. The summed E-state index contributed by atoms with van der Waals surface area (Å²) in [6.07, 6.45) is 0.996. The minimum Gasteiger partial charge on any atom is -0.310 e. The molecule has 16 aromatic carbocycles. The number of rotatable bonds is 9. The summed E-state index contributed by atoms with van der Waals surface area (Å²) in [6, 6.07) is 131. The molecule has 0 amide bonds. The van der Waals surface area contributed by atoms with E-state index in [0.717, 1.165) is 33.6 Å². The monoisotopic (exact) mass is 1300 g/mol. The van der Waals surface area contributed by atoms with Crippen LogP contribution >= 0.6 is 15.9 Å². The van der Waals surface area contributed by atoms with Crippen LogP contribution in [0.15, 0.2) is 368 Å². The van der Waals surface area contributed by atoms with E-state index in [2.05, 4.69) is 388 Å². The van der Waals surface area contributed by atoms with Crippen molar-refractivity contribution in [1.82, 2.24) is 9.13 Å². The van der Waals surface area contributed by atoms with Gasteiger partial charge in [0.05, 0.1) is 22.1 Å². The van der Waals surface area contributed by atoms with Crippen LogP contribution in [0.1, 0.15) is 11.1 Å². The Bertz CT molecular complexity index is 6010. The molecule has 0 aliphatic heterocycles. The van der Waals surface area contributed by atoms with Gasteiger partial charge in [0.15, 0.2) is 0 Å². The second-order valence-electron chi connectivity index (χ2n) is 25.2. The van der Waals surface area contributed by atoms with Crippen LogP contribution in [0, 0.1) is 0 Å². The third-order valence-corrected chi connectivity index (χ3v) is 20.1. The van der Waals surface area contributed by atoms with Gasteiger partial charge in [-0.2, -0.15) is 0 Å². The molecule has 0 atom stereocenters. The van der Waals surface area contributed by atoms with Gasteiger partial charge in [-0.3, -0.25) is 0 Å². The van der Waals surface area contributed by atoms with Gasteiger partial charge in [-0.05, 0) is 191 Å². The lowest BCUT2D eigenvalue weighted by Gasteiger charge is -2.26. The van der Waals surface area contributed by atoms with E-state index in [9.17, 15) is 0 Å². The Morgan fingerprint density at radius 2 is 0.577 bits per heavy atom. The molecule has 0 saturated heterocycles. The molecule has 2 aromatic heterocycles. The van der Waals surface area contributed by atoms with Crippen LogP contribution in [-0.2, 0) is 6.42 Å². The van der Waals surface area contributed by atoms with Gasteiger partial charge in [0.1, 0.15) is 0 Å². The standard InChI is InChI=1S/C46H30N2.C28H16BrN.C19H16/c1-3-12-31(13-4-1)32-24-27-35(28-25-32)47(34-15-5-2-6-16-34)36-17-10-18-37(30-36)48-42-23-11-22-41-39-20-8-7-19-38(39)40-21-9-14-33-26-29-43(48)46(44(33)40)45(41)42;29-18-7-4-8-19(16-18)30-24-13-5-12-23-21-10-2-1-9-20(21)22-11-3-6-17-14-15-25(30)28(26(17)22)27(23)24;1-3-7-16(8-4-1)15-17-11-13-19(14-12-17)18-9-5-2-6-10-18/h1-30H;1-16H;1-14H,15H2. The van der Waals surface area contributed by atoms with Crippen LogP contribution < -0.4 is 4.90 Å². The van der Waals surface area contributed by atoms with E-state index in [1.165, 1.54) is 149 Å². The van der Waals surface area contributed by atoms with Gasteiger partial charge < -0.3 is 14.0 Å². The lowest BCUT2D eigenvalue weighted by Crippen LogP contribution is -2.10. The predicted molar refractivity (Wildman–Crippen MR) is 414 cm³/mol. The number of benzene rings is 16. The van der Waals surface area contributed by atoms with E-state index in [1.54, 1.807) is 0 Å². The first-order valence-corrected chi connectivity index (χ1v) is 34.1. The molecule has 18 aromatic rings. The molecule has 2 heterocycles. The van der Waals surface area contributed by atoms with Crippen molar-refractivity contribution in [2.75, 3.05) is 4.90 Å². The fraction of sp³-hybridized carbons (Fsp3) is 0.0108. The molecule has 0 bridgehead atoms. The smallest absolute Gasteiger partial charge is 0.0548 e. The Balaban J connectivity index is 0.000000118. The van der Waals surface area contributed by atoms with E-state index in [-0.39, 0.29) is 0 Å². The van der Waals surface area contributed by atoms with Gasteiger partial charge in [-0.15, -0.1) is 0 Å². The Kier molecular flexibility index (Phi) is 14.5. The van der Waals surface area contributed by atoms with Crippen molar-refractivity contribution in [3.63, 3.8) is 0 Å². The van der Waals surface area contributed by atoms with E-state index in [0.29, 0.717) is 0 Å². The molecule has 97 heavy (non-hydrogen) atoms. The van der Waals surface area contributed by atoms with Gasteiger partial charge in [0.25, 0.3) is 0 Å². The number of halogens is 1. The summed E-state index contributed by atoms with van der Waals surface area (Å²) in [7, 11) is 0. The van der Waals surface area contributed by atoms with Crippen LogP contribution in [0.5, 0.6) is 0 Å². The van der Waals surface area contributed by atoms with Crippen LogP contribution in [0.3, 0.4) is 0 Å². The second-order valence-corrected chi connectivity index (χ2v) is 26.1. The second kappa shape index (κ2) is 24.4. The highest BCUT2D eigenvalue weighted by Gasteiger charge is 2.27. The Hall–Kier alpha value is -12.1. The lowest BCUT2D eigenvalue weighted by molar-refractivity contribution is 1.17. The van der Waals surface area contributed by atoms with Crippen molar-refractivity contribution in [2.45, 2.75) is 6.42 Å². The quantitative estimate of drug-likeness (QED) is 0.140. The molecule has 0 unspecified atom stereocenters. The van der Waals surface area contributed by atoms with Crippen LogP contribution in [0.4, 0.5) is 17.1 Å². The molecule has 0 fully saturated rings. The molecule has 4 heteroatoms. The van der Waals surface area contributed by atoms with Gasteiger partial charge in [0.2, 0.25) is 0 Å². The highest BCUT2D eigenvalue weighted by molar-refractivity contribution is 9.10. The predicted octanol–water partition coefficient (Wildman–Crippen LogP) is 26.0. The van der Waals surface area contributed by atoms with Crippen molar-refractivity contribution in [1.29, 1.82) is 0 Å². The zero-order chi connectivity index (χ0) is 64.3. The fourth-order valence-corrected chi connectivity index (χ4v) is 15.7. The average Bonchev–Trinajstić information content (AvgIpc) is 1.55. The number of nitrogens with zero attached hydrogens (tertiary/aromatic N) is 3. The molecule has 0 radical (unpaired) electrons. The summed E-state index contributed by atoms with van der Waals surface area (Å²) < 4.78 is 5.96. The van der Waals surface area contributed by atoms with E-state index >= 15 is 0 Å². The first kappa shape index (κ1) is 57.6. The number of fused-ring (bicyclic) bond motifs is 6. The number of hydrogen-bond donors (Lipinski definition) is 0. The van der Waals surface area contributed by atoms with Gasteiger partial charge >= 0.3 is 0 Å². The molecule has 456 valence electrons. The topological polar surface area (TPSA) is 13.1 Å². The normalized spacial score (nSPS) is 11.6. The highest BCUT2D eigenvalue weighted by atomic mass is 79.9. The van der Waals surface area contributed by atoms with Crippen molar-refractivity contribution in [3.8, 4) is 78.1 Å². The van der Waals surface area contributed by atoms with Crippen molar-refractivity contribution in [2.24, 2.45) is 0 Å². The third kappa shape index (κ3) is 10.1. The summed E-state index contributed by atoms with van der Waals surface area (Å²) in [4.78, 5) is 2.35. The van der Waals surface area contributed by atoms with Crippen molar-refractivity contribution >= 4 is 98.1 Å². The zero-order valence-corrected chi connectivity index (χ0v) is 54.7. The van der Waals surface area contributed by atoms with Gasteiger partial charge in [-0.1, -0.05) is 295 Å². The van der Waals surface area contributed by atoms with Crippen LogP contribution in [0.25, 0.3) is 143 Å². The fourth-order valence-electron chi connectivity index (χ4n) is 15.3. The first-order chi connectivity index (χ1) is 48.1. The first-order valence-electron chi connectivity index (χ1n) is 33.3. The number of para-hydroxylation sites is 1. The summed E-state index contributed by atoms with van der Waals surface area (Å²) in [5, 5.41) is 10.6. The van der Waals surface area contributed by atoms with Crippen molar-refractivity contribution < 1.29 is 0 Å². The molecule has 0 saturated carbocycles. The SMILES string of the molecule is Brc1cccc(-n2c3cccc4c3c3c5c(cccc5ccc32)-c2ccccc2-4)c1.c1ccc(-c2ccc(N(c3ccccc3)c3cccc(-n4c5cccc6c5c5c7c(cccc7ccc54)-c4ccccc4-6)c3)cc2)cc1.c1ccc(Cc2ccc(-c3ccccc3)cc2)cc1. The number of hydrogen-bond acceptors (Lipinski definition) is 1. The average molecular weight is 1300 g/mol. The van der Waals surface area contributed by atoms with E-state index in [1.807, 2.05) is 6.07 Å². The largest absolute Gasteiger partial charge is 0.310 e. The third-order valence-electron chi connectivity index (χ3n) is 19.6. The summed E-state index contributed by atoms with van der Waals surface area (Å²) >= 11 is 3.66. The number of anilines is 3. The summed E-state index contributed by atoms with van der Waals surface area (Å²) in [5.41, 5.74) is 28.7. The van der Waals surface area contributed by atoms with E-state index in [4.69, 9.17) is 0 Å². The molecule has 3 nitrogen and oxygen atoms in total. The Morgan fingerprint density at radius 1 is 0.227 bits per heavy atom. The van der Waals surface area contributed by atoms with Gasteiger partial charge in [-0.25, -0.2) is 0 Å². The zero-order valence-electron chi connectivity index (χ0n) is 53.1. The minimum absolute atomic E-state index is 0.996. The van der Waals surface area contributed by atoms with Crippen LogP contribution in [0.2, 0.25) is 0 Å². The molecule has 0 spiro atoms. The van der Waals surface area contributed by atoms with Gasteiger partial charge in [0, 0.05) is 54.5 Å². The van der Waals surface area contributed by atoms with Crippen molar-refractivity contribution in [3.05, 3.63) is 380 Å². The molecule has 20 rings (SSSR count). The molecule has 0 N–H and O–H groups in total. The minimum atomic E-state index is 0.996. The summed E-state index contributed by atoms with van der Waals surface area (Å²) in [6.45, 7) is 0. The number of aromatic nitrogens is 2. The van der Waals surface area contributed by atoms with E-state index < -0.39 is 0 Å². The Labute approximate surface area is 572 Å². The maximum Gasteiger partial charge on any atom is 0.0548 e. The molecule has 2 aliphatic rings. The highest BCUT2D eigenvalue weighted by Crippen LogP contribution is 2.52. The molecule has 2 aliphatic carbocycles. The lowest BCUT2D eigenvalue weighted by atomic mass is 9.93. The molecular formula is C93H62BrN3. The summed E-state index contributed by atoms with van der Waals surface area (Å²) in [5.74, 6) is 0. The maximum atomic E-state index is 3.66. The Morgan fingerprint density at radius 3 is 1.07 bits per heavy atom. The van der Waals surface area contributed by atoms with Crippen LogP contribution in [-0.4, -0.2) is 9.13 Å².